The Morgan fingerprint density at radius 3 is 2.93 bits per heavy atom. The van der Waals surface area contributed by atoms with Crippen LogP contribution < -0.4 is 5.32 Å². The zero-order valence-corrected chi connectivity index (χ0v) is 8.70. The summed E-state index contributed by atoms with van der Waals surface area (Å²) in [6.45, 7) is 2.09. The van der Waals surface area contributed by atoms with Gasteiger partial charge in [0.05, 0.1) is 0 Å². The Bertz CT molecular complexity index is 390. The van der Waals surface area contributed by atoms with E-state index in [1.165, 1.54) is 0 Å². The summed E-state index contributed by atoms with van der Waals surface area (Å²) in [5.74, 6) is 0.170. The van der Waals surface area contributed by atoms with Crippen LogP contribution in [-0.2, 0) is 6.42 Å². The lowest BCUT2D eigenvalue weighted by Crippen LogP contribution is -2.43. The van der Waals surface area contributed by atoms with Gasteiger partial charge in [-0.05, 0) is 43.8 Å². The highest BCUT2D eigenvalue weighted by Crippen LogP contribution is 2.39. The number of hydrogen-bond acceptors (Lipinski definition) is 3. The van der Waals surface area contributed by atoms with Crippen molar-refractivity contribution in [3.63, 3.8) is 0 Å². The van der Waals surface area contributed by atoms with Crippen LogP contribution in [-0.4, -0.2) is 28.8 Å². The summed E-state index contributed by atoms with van der Waals surface area (Å²) in [5, 5.41) is 7.42. The van der Waals surface area contributed by atoms with Crippen molar-refractivity contribution in [3.8, 4) is 0 Å². The van der Waals surface area contributed by atoms with Crippen molar-refractivity contribution in [2.24, 2.45) is 5.41 Å². The number of hydrogen-bond donors (Lipinski definition) is 1. The smallest absolute Gasteiger partial charge is 0.247 e. The highest BCUT2D eigenvalue weighted by Gasteiger charge is 2.39. The predicted molar refractivity (Wildman–Crippen MR) is 55.7 cm³/mol. The molecular formula is C11H15N3O. The summed E-state index contributed by atoms with van der Waals surface area (Å²) in [4.78, 5) is 11.9. The molecule has 0 bridgehead atoms. The van der Waals surface area contributed by atoms with E-state index in [0.717, 1.165) is 38.0 Å². The van der Waals surface area contributed by atoms with E-state index < -0.39 is 0 Å². The third-order valence-electron chi connectivity index (χ3n) is 3.70. The molecule has 80 valence electrons. The second kappa shape index (κ2) is 3.17. The number of nitrogens with zero attached hydrogens (tertiary/aromatic N) is 2. The number of nitrogens with one attached hydrogen (secondary N) is 1. The number of carbonyl (C=O) groups is 1. The minimum atomic E-state index is 0.170. The van der Waals surface area contributed by atoms with Crippen molar-refractivity contribution in [1.29, 1.82) is 0 Å². The molecule has 0 aliphatic carbocycles. The molecular weight excluding hydrogens is 190 g/mol. The zero-order valence-electron chi connectivity index (χ0n) is 8.70. The van der Waals surface area contributed by atoms with Crippen LogP contribution in [0.1, 0.15) is 29.8 Å². The lowest BCUT2D eigenvalue weighted by molar-refractivity contribution is 0.0701. The number of fused-ring (bicyclic) bond motifs is 1. The second-order valence-electron chi connectivity index (χ2n) is 4.73. The molecule has 1 saturated heterocycles. The highest BCUT2D eigenvalue weighted by molar-refractivity contribution is 5.80. The molecule has 3 heterocycles. The van der Waals surface area contributed by atoms with E-state index in [4.69, 9.17) is 0 Å². The van der Waals surface area contributed by atoms with E-state index in [0.29, 0.717) is 6.42 Å². The minimum Gasteiger partial charge on any atom is -0.317 e. The molecule has 4 nitrogen and oxygen atoms in total. The van der Waals surface area contributed by atoms with E-state index in [-0.39, 0.29) is 11.3 Å². The number of piperidine rings is 1. The van der Waals surface area contributed by atoms with Crippen molar-refractivity contribution in [2.75, 3.05) is 13.1 Å². The van der Waals surface area contributed by atoms with Gasteiger partial charge < -0.3 is 5.32 Å². The third-order valence-corrected chi connectivity index (χ3v) is 3.70. The van der Waals surface area contributed by atoms with Gasteiger partial charge in [0.1, 0.15) is 0 Å². The predicted octanol–water partition coefficient (Wildman–Crippen LogP) is 0.839. The van der Waals surface area contributed by atoms with Crippen LogP contribution in [0.4, 0.5) is 0 Å². The molecule has 1 fully saturated rings. The van der Waals surface area contributed by atoms with Crippen LogP contribution in [0.2, 0.25) is 0 Å². The summed E-state index contributed by atoms with van der Waals surface area (Å²) in [5.41, 5.74) is 1.31. The van der Waals surface area contributed by atoms with Gasteiger partial charge in [-0.25, -0.2) is 4.68 Å². The molecule has 2 aliphatic heterocycles. The SMILES string of the molecule is O=C1CC2(CCNCC2)Cc2ccnn21. The zero-order chi connectivity index (χ0) is 10.3. The molecule has 0 unspecified atom stereocenters. The van der Waals surface area contributed by atoms with Crippen molar-refractivity contribution >= 4 is 5.91 Å². The third kappa shape index (κ3) is 1.40. The molecule has 0 saturated carbocycles. The maximum atomic E-state index is 11.9. The lowest BCUT2D eigenvalue weighted by atomic mass is 9.71. The lowest BCUT2D eigenvalue weighted by Gasteiger charge is -2.39. The molecule has 1 N–H and O–H groups in total. The van der Waals surface area contributed by atoms with Crippen LogP contribution >= 0.6 is 0 Å². The number of carbonyl (C=O) groups excluding carboxylic acids is 1. The van der Waals surface area contributed by atoms with Gasteiger partial charge in [-0.1, -0.05) is 0 Å². The standard InChI is InChI=1S/C11H15N3O/c15-10-8-11(2-5-12-6-3-11)7-9-1-4-13-14(9)10/h1,4,12H,2-3,5-8H2. The minimum absolute atomic E-state index is 0.170. The molecule has 1 aromatic heterocycles. The molecule has 2 aliphatic rings. The van der Waals surface area contributed by atoms with Crippen molar-refractivity contribution in [1.82, 2.24) is 15.1 Å². The Kier molecular flexibility index (Phi) is 1.92. The first kappa shape index (κ1) is 9.09. The highest BCUT2D eigenvalue weighted by atomic mass is 16.2. The average molecular weight is 205 g/mol. The molecule has 3 rings (SSSR count). The van der Waals surface area contributed by atoms with E-state index in [2.05, 4.69) is 10.4 Å². The van der Waals surface area contributed by atoms with Gasteiger partial charge in [-0.2, -0.15) is 5.10 Å². The summed E-state index contributed by atoms with van der Waals surface area (Å²) in [6, 6.07) is 1.97. The van der Waals surface area contributed by atoms with Crippen LogP contribution in [0.25, 0.3) is 0 Å². The van der Waals surface area contributed by atoms with Gasteiger partial charge in [0.2, 0.25) is 5.91 Å². The van der Waals surface area contributed by atoms with Crippen LogP contribution in [0, 0.1) is 5.41 Å². The Balaban J connectivity index is 1.94. The molecule has 0 aromatic carbocycles. The van der Waals surface area contributed by atoms with E-state index in [1.807, 2.05) is 6.07 Å². The Labute approximate surface area is 88.7 Å². The van der Waals surface area contributed by atoms with Gasteiger partial charge in [-0.3, -0.25) is 4.79 Å². The van der Waals surface area contributed by atoms with E-state index >= 15 is 0 Å². The topological polar surface area (TPSA) is 46.9 Å². The second-order valence-corrected chi connectivity index (χ2v) is 4.73. The monoisotopic (exact) mass is 205 g/mol. The first-order valence-electron chi connectivity index (χ1n) is 5.56. The Morgan fingerprint density at radius 2 is 2.13 bits per heavy atom. The number of aromatic nitrogens is 2. The normalized spacial score (nSPS) is 24.1. The van der Waals surface area contributed by atoms with Gasteiger partial charge in [0, 0.05) is 18.3 Å². The molecule has 1 spiro atoms. The van der Waals surface area contributed by atoms with Gasteiger partial charge in [0.15, 0.2) is 0 Å². The van der Waals surface area contributed by atoms with Crippen LogP contribution in [0.15, 0.2) is 12.3 Å². The van der Waals surface area contributed by atoms with Crippen molar-refractivity contribution < 1.29 is 4.79 Å². The molecule has 15 heavy (non-hydrogen) atoms. The maximum absolute atomic E-state index is 11.9. The molecule has 4 heteroatoms. The quantitative estimate of drug-likeness (QED) is 0.682. The Hall–Kier alpha value is -1.16. The molecule has 1 aromatic rings. The number of rotatable bonds is 0. The Morgan fingerprint density at radius 1 is 1.33 bits per heavy atom. The fourth-order valence-electron chi connectivity index (χ4n) is 2.84. The maximum Gasteiger partial charge on any atom is 0.247 e. The summed E-state index contributed by atoms with van der Waals surface area (Å²) in [6.07, 6.45) is 5.64. The fraction of sp³-hybridized carbons (Fsp3) is 0.636. The van der Waals surface area contributed by atoms with E-state index in [9.17, 15) is 4.79 Å². The first-order valence-corrected chi connectivity index (χ1v) is 5.56. The molecule has 0 amide bonds. The first-order chi connectivity index (χ1) is 7.29. The van der Waals surface area contributed by atoms with Crippen molar-refractivity contribution in [3.05, 3.63) is 18.0 Å². The molecule has 0 radical (unpaired) electrons. The van der Waals surface area contributed by atoms with Gasteiger partial charge in [-0.15, -0.1) is 0 Å². The van der Waals surface area contributed by atoms with Gasteiger partial charge >= 0.3 is 0 Å². The summed E-state index contributed by atoms with van der Waals surface area (Å²) >= 11 is 0. The fourth-order valence-corrected chi connectivity index (χ4v) is 2.84. The van der Waals surface area contributed by atoms with Crippen molar-refractivity contribution in [2.45, 2.75) is 25.7 Å². The average Bonchev–Trinajstić information content (AvgIpc) is 2.67. The largest absolute Gasteiger partial charge is 0.317 e. The summed E-state index contributed by atoms with van der Waals surface area (Å²) < 4.78 is 1.58. The van der Waals surface area contributed by atoms with Gasteiger partial charge in [0.25, 0.3) is 0 Å². The molecule has 0 atom stereocenters. The van der Waals surface area contributed by atoms with E-state index in [1.54, 1.807) is 10.9 Å². The van der Waals surface area contributed by atoms with Crippen LogP contribution in [0.5, 0.6) is 0 Å². The summed E-state index contributed by atoms with van der Waals surface area (Å²) in [7, 11) is 0. The van der Waals surface area contributed by atoms with Crippen LogP contribution in [0.3, 0.4) is 0 Å².